The van der Waals surface area contributed by atoms with Crippen LogP contribution in [0, 0.1) is 6.92 Å². The number of nitrogens with two attached hydrogens (primary N) is 1. The van der Waals surface area contributed by atoms with E-state index in [1.54, 1.807) is 10.7 Å². The molecular weight excluding hydrogens is 290 g/mol. The van der Waals surface area contributed by atoms with Crippen LogP contribution in [0.3, 0.4) is 0 Å². The van der Waals surface area contributed by atoms with E-state index in [-0.39, 0.29) is 5.75 Å². The highest BCUT2D eigenvalue weighted by Crippen LogP contribution is 2.25. The summed E-state index contributed by atoms with van der Waals surface area (Å²) in [4.78, 5) is 0. The summed E-state index contributed by atoms with van der Waals surface area (Å²) in [6.45, 7) is 2.23. The van der Waals surface area contributed by atoms with Gasteiger partial charge >= 0.3 is 0 Å². The number of aromatic nitrogens is 4. The maximum Gasteiger partial charge on any atom is 0.182 e. The van der Waals surface area contributed by atoms with Gasteiger partial charge in [-0.15, -0.1) is 5.10 Å². The quantitative estimate of drug-likeness (QED) is 0.841. The number of nitrogen functional groups attached to an aromatic ring is 1. The van der Waals surface area contributed by atoms with Crippen LogP contribution in [0.5, 0.6) is 0 Å². The Hall–Kier alpha value is -1.96. The van der Waals surface area contributed by atoms with Gasteiger partial charge in [0.25, 0.3) is 0 Å². The first-order valence-corrected chi connectivity index (χ1v) is 8.52. The molecule has 1 unspecified atom stereocenters. The van der Waals surface area contributed by atoms with Crippen LogP contribution in [-0.2, 0) is 16.4 Å². The summed E-state index contributed by atoms with van der Waals surface area (Å²) in [5, 5.41) is 11.2. The molecule has 0 radical (unpaired) electrons. The first-order chi connectivity index (χ1) is 9.95. The van der Waals surface area contributed by atoms with Crippen LogP contribution in [-0.4, -0.2) is 39.6 Å². The van der Waals surface area contributed by atoms with Crippen molar-refractivity contribution in [2.45, 2.75) is 31.6 Å². The Labute approximate surface area is 123 Å². The smallest absolute Gasteiger partial charge is 0.182 e. The second kappa shape index (κ2) is 5.10. The number of nitrogens with zero attached hydrogens (tertiary/aromatic N) is 4. The van der Waals surface area contributed by atoms with Crippen molar-refractivity contribution in [3.05, 3.63) is 23.8 Å². The van der Waals surface area contributed by atoms with E-state index in [2.05, 4.69) is 15.5 Å². The van der Waals surface area contributed by atoms with E-state index in [1.807, 2.05) is 19.1 Å². The van der Waals surface area contributed by atoms with E-state index >= 15 is 0 Å². The predicted octanol–water partition coefficient (Wildman–Crippen LogP) is 0.808. The Morgan fingerprint density at radius 3 is 2.86 bits per heavy atom. The molecule has 1 aliphatic rings. The van der Waals surface area contributed by atoms with Gasteiger partial charge in [0, 0.05) is 11.3 Å². The van der Waals surface area contributed by atoms with E-state index in [4.69, 9.17) is 5.73 Å². The third kappa shape index (κ3) is 2.76. The number of anilines is 1. The lowest BCUT2D eigenvalue weighted by Gasteiger charge is -2.11. The highest BCUT2D eigenvalue weighted by Gasteiger charge is 2.32. The van der Waals surface area contributed by atoms with Crippen molar-refractivity contribution in [2.75, 3.05) is 11.5 Å². The van der Waals surface area contributed by atoms with Gasteiger partial charge in [0.1, 0.15) is 0 Å². The van der Waals surface area contributed by atoms with Gasteiger partial charge in [-0.25, -0.2) is 13.1 Å². The van der Waals surface area contributed by atoms with Gasteiger partial charge in [-0.05, 0) is 54.0 Å². The van der Waals surface area contributed by atoms with Crippen molar-refractivity contribution < 1.29 is 8.42 Å². The average molecular weight is 307 g/mol. The number of sulfone groups is 1. The first-order valence-electron chi connectivity index (χ1n) is 6.81. The molecular formula is C13H17N5O2S. The van der Waals surface area contributed by atoms with Crippen molar-refractivity contribution in [1.29, 1.82) is 0 Å². The Kier molecular flexibility index (Phi) is 3.40. The highest BCUT2D eigenvalue weighted by molar-refractivity contribution is 7.92. The molecule has 0 bridgehead atoms. The minimum absolute atomic E-state index is 0.256. The van der Waals surface area contributed by atoms with Crippen LogP contribution in [0.2, 0.25) is 0 Å². The van der Waals surface area contributed by atoms with E-state index in [0.717, 1.165) is 11.1 Å². The molecule has 2 aromatic rings. The van der Waals surface area contributed by atoms with Crippen LogP contribution >= 0.6 is 0 Å². The predicted molar refractivity (Wildman–Crippen MR) is 79.2 cm³/mol. The van der Waals surface area contributed by atoms with Gasteiger partial charge in [0.2, 0.25) is 0 Å². The van der Waals surface area contributed by atoms with Gasteiger partial charge < -0.3 is 5.73 Å². The SMILES string of the molecule is Cc1cc(N)cc(-c2nnnn2CC2CCCS2(=O)=O)c1. The molecule has 1 atom stereocenters. The third-order valence-corrected chi connectivity index (χ3v) is 5.99. The minimum atomic E-state index is -3.02. The van der Waals surface area contributed by atoms with Gasteiger partial charge in [-0.3, -0.25) is 0 Å². The number of tetrazole rings is 1. The molecule has 1 aromatic heterocycles. The fraction of sp³-hybridized carbons (Fsp3) is 0.462. The van der Waals surface area contributed by atoms with Crippen molar-refractivity contribution in [2.24, 2.45) is 0 Å². The number of rotatable bonds is 3. The monoisotopic (exact) mass is 307 g/mol. The summed E-state index contributed by atoms with van der Waals surface area (Å²) < 4.78 is 25.4. The number of benzene rings is 1. The van der Waals surface area contributed by atoms with Crippen LogP contribution < -0.4 is 5.73 Å². The molecule has 1 aromatic carbocycles. The average Bonchev–Trinajstić information content (AvgIpc) is 2.96. The molecule has 0 aliphatic carbocycles. The number of aryl methyl sites for hydroxylation is 1. The lowest BCUT2D eigenvalue weighted by molar-refractivity contribution is 0.534. The molecule has 0 saturated carbocycles. The lowest BCUT2D eigenvalue weighted by atomic mass is 10.1. The Morgan fingerprint density at radius 2 is 2.19 bits per heavy atom. The van der Waals surface area contributed by atoms with Crippen molar-refractivity contribution in [3.63, 3.8) is 0 Å². The summed E-state index contributed by atoms with van der Waals surface area (Å²) in [5.41, 5.74) is 8.29. The number of hydrogen-bond donors (Lipinski definition) is 1. The zero-order valence-electron chi connectivity index (χ0n) is 11.7. The minimum Gasteiger partial charge on any atom is -0.399 e. The first kappa shape index (κ1) is 14.0. The van der Waals surface area contributed by atoms with Crippen LogP contribution in [0.25, 0.3) is 11.4 Å². The second-order valence-electron chi connectivity index (χ2n) is 5.45. The topological polar surface area (TPSA) is 104 Å². The van der Waals surface area contributed by atoms with Crippen LogP contribution in [0.4, 0.5) is 5.69 Å². The number of hydrogen-bond acceptors (Lipinski definition) is 6. The molecule has 2 N–H and O–H groups in total. The van der Waals surface area contributed by atoms with Gasteiger partial charge in [-0.2, -0.15) is 0 Å². The molecule has 0 amide bonds. The molecule has 7 nitrogen and oxygen atoms in total. The van der Waals surface area contributed by atoms with Gasteiger partial charge in [-0.1, -0.05) is 0 Å². The summed E-state index contributed by atoms with van der Waals surface area (Å²) in [5.74, 6) is 0.805. The zero-order valence-corrected chi connectivity index (χ0v) is 12.5. The van der Waals surface area contributed by atoms with Crippen molar-refractivity contribution in [1.82, 2.24) is 20.2 Å². The van der Waals surface area contributed by atoms with E-state index in [1.165, 1.54) is 0 Å². The molecule has 8 heteroatoms. The molecule has 1 saturated heterocycles. The standard InChI is InChI=1S/C13H17N5O2S/c1-9-5-10(7-11(14)6-9)13-15-16-17-18(13)8-12-3-2-4-21(12,19)20/h5-7,12H,2-4,8,14H2,1H3. The van der Waals surface area contributed by atoms with Crippen LogP contribution in [0.15, 0.2) is 18.2 Å². The van der Waals surface area contributed by atoms with E-state index in [0.29, 0.717) is 30.9 Å². The third-order valence-electron chi connectivity index (χ3n) is 3.73. The van der Waals surface area contributed by atoms with Crippen molar-refractivity contribution in [3.8, 4) is 11.4 Å². The maximum atomic E-state index is 11.9. The largest absolute Gasteiger partial charge is 0.399 e. The second-order valence-corrected chi connectivity index (χ2v) is 7.85. The summed E-state index contributed by atoms with van der Waals surface area (Å²) in [6.07, 6.45) is 1.37. The fourth-order valence-electron chi connectivity index (χ4n) is 2.73. The maximum absolute atomic E-state index is 11.9. The van der Waals surface area contributed by atoms with Crippen molar-refractivity contribution >= 4 is 15.5 Å². The normalized spacial score (nSPS) is 20.7. The van der Waals surface area contributed by atoms with E-state index in [9.17, 15) is 8.42 Å². The molecule has 3 rings (SSSR count). The molecule has 112 valence electrons. The molecule has 2 heterocycles. The van der Waals surface area contributed by atoms with Gasteiger partial charge in [0.05, 0.1) is 17.5 Å². The van der Waals surface area contributed by atoms with E-state index < -0.39 is 15.1 Å². The highest BCUT2D eigenvalue weighted by atomic mass is 32.2. The summed E-state index contributed by atoms with van der Waals surface area (Å²) in [7, 11) is -3.02. The molecule has 0 spiro atoms. The molecule has 1 fully saturated rings. The van der Waals surface area contributed by atoms with Crippen LogP contribution in [0.1, 0.15) is 18.4 Å². The Bertz CT molecular complexity index is 748. The Balaban J connectivity index is 1.94. The lowest BCUT2D eigenvalue weighted by Crippen LogP contribution is -2.23. The Morgan fingerprint density at radius 1 is 1.38 bits per heavy atom. The zero-order chi connectivity index (χ0) is 15.0. The molecule has 1 aliphatic heterocycles. The summed E-state index contributed by atoms with van der Waals surface area (Å²) >= 11 is 0. The summed E-state index contributed by atoms with van der Waals surface area (Å²) in [6, 6.07) is 5.58. The van der Waals surface area contributed by atoms with Gasteiger partial charge in [0.15, 0.2) is 15.7 Å². The molecule has 21 heavy (non-hydrogen) atoms. The fourth-order valence-corrected chi connectivity index (χ4v) is 4.53.